The lowest BCUT2D eigenvalue weighted by atomic mass is 10.0. The van der Waals surface area contributed by atoms with E-state index in [1.807, 2.05) is 13.8 Å². The van der Waals surface area contributed by atoms with E-state index < -0.39 is 16.9 Å². The van der Waals surface area contributed by atoms with Crippen LogP contribution in [0.5, 0.6) is 5.75 Å². The van der Waals surface area contributed by atoms with E-state index in [0.717, 1.165) is 0 Å². The fourth-order valence-corrected chi connectivity index (χ4v) is 4.43. The van der Waals surface area contributed by atoms with Gasteiger partial charge in [-0.2, -0.15) is 0 Å². The third kappa shape index (κ3) is 6.15. The number of carbonyl (C=O) groups excluding carboxylic acids is 3. The molecule has 202 valence electrons. The van der Waals surface area contributed by atoms with Crippen molar-refractivity contribution in [1.29, 1.82) is 0 Å². The van der Waals surface area contributed by atoms with Gasteiger partial charge in [-0.15, -0.1) is 0 Å². The standard InChI is InChI=1S/C28H29N5O6/c1-15(2)10-23(27(29)35)31-26(34)12-16-4-8-20-22(11-16)30-21-13-17(5-7-19(21)28(36)32-20)18-6-9-24(33(37)38)25(14-18)39-3/h4-9,11,13-15,23,30H,10,12H2,1-3H3,(H2,29,35)(H,31,34)(H,32,36)/t23-/m0/s1. The van der Waals surface area contributed by atoms with Crippen LogP contribution < -0.4 is 26.4 Å². The summed E-state index contributed by atoms with van der Waals surface area (Å²) in [5.74, 6) is -0.931. The van der Waals surface area contributed by atoms with Crippen LogP contribution in [0.4, 0.5) is 22.7 Å². The van der Waals surface area contributed by atoms with E-state index in [4.69, 9.17) is 10.5 Å². The minimum absolute atomic E-state index is 0.0142. The van der Waals surface area contributed by atoms with Crippen molar-refractivity contribution in [2.45, 2.75) is 32.7 Å². The molecule has 11 heteroatoms. The minimum Gasteiger partial charge on any atom is -0.490 e. The van der Waals surface area contributed by atoms with Crippen LogP contribution in [0.1, 0.15) is 36.2 Å². The van der Waals surface area contributed by atoms with E-state index in [1.165, 1.54) is 13.2 Å². The fraction of sp³-hybridized carbons (Fsp3) is 0.250. The molecule has 0 bridgehead atoms. The number of ether oxygens (including phenoxy) is 1. The van der Waals surface area contributed by atoms with Crippen molar-refractivity contribution in [3.05, 3.63) is 75.8 Å². The van der Waals surface area contributed by atoms with Gasteiger partial charge in [0.15, 0.2) is 5.75 Å². The number of nitrogens with one attached hydrogen (secondary N) is 3. The van der Waals surface area contributed by atoms with Gasteiger partial charge in [-0.1, -0.05) is 26.0 Å². The monoisotopic (exact) mass is 531 g/mol. The highest BCUT2D eigenvalue weighted by Crippen LogP contribution is 2.37. The number of methoxy groups -OCH3 is 1. The number of nitro groups is 1. The molecule has 1 atom stereocenters. The Hall–Kier alpha value is -4.93. The van der Waals surface area contributed by atoms with Crippen LogP contribution in [0.3, 0.4) is 0 Å². The van der Waals surface area contributed by atoms with E-state index in [2.05, 4.69) is 16.0 Å². The molecule has 1 heterocycles. The number of fused-ring (bicyclic) bond motifs is 2. The molecule has 0 spiro atoms. The van der Waals surface area contributed by atoms with Gasteiger partial charge in [0.05, 0.1) is 41.1 Å². The molecule has 0 aromatic heterocycles. The highest BCUT2D eigenvalue weighted by Gasteiger charge is 2.23. The van der Waals surface area contributed by atoms with Gasteiger partial charge in [0.2, 0.25) is 11.8 Å². The summed E-state index contributed by atoms with van der Waals surface area (Å²) in [5, 5.41) is 20.1. The van der Waals surface area contributed by atoms with E-state index in [0.29, 0.717) is 45.7 Å². The molecule has 5 N–H and O–H groups in total. The Balaban J connectivity index is 1.60. The van der Waals surface area contributed by atoms with Crippen molar-refractivity contribution >= 4 is 40.5 Å². The van der Waals surface area contributed by atoms with E-state index >= 15 is 0 Å². The molecule has 3 amide bonds. The van der Waals surface area contributed by atoms with Crippen LogP contribution >= 0.6 is 0 Å². The second kappa shape index (κ2) is 11.2. The normalized spacial score (nSPS) is 12.8. The zero-order chi connectivity index (χ0) is 28.3. The molecule has 0 unspecified atom stereocenters. The van der Waals surface area contributed by atoms with Crippen LogP contribution in [-0.4, -0.2) is 35.8 Å². The molecule has 3 aromatic rings. The van der Waals surface area contributed by atoms with Crippen molar-refractivity contribution in [3.63, 3.8) is 0 Å². The number of anilines is 3. The van der Waals surface area contributed by atoms with Gasteiger partial charge < -0.3 is 26.4 Å². The number of hydrogen-bond acceptors (Lipinski definition) is 7. The zero-order valence-electron chi connectivity index (χ0n) is 21.7. The summed E-state index contributed by atoms with van der Waals surface area (Å²) in [4.78, 5) is 48.0. The summed E-state index contributed by atoms with van der Waals surface area (Å²) >= 11 is 0. The first-order valence-electron chi connectivity index (χ1n) is 12.3. The summed E-state index contributed by atoms with van der Waals surface area (Å²) in [6, 6.07) is 14.2. The Kier molecular flexibility index (Phi) is 7.80. The van der Waals surface area contributed by atoms with Crippen LogP contribution in [0, 0.1) is 16.0 Å². The Labute approximate surface area is 224 Å². The van der Waals surface area contributed by atoms with Crippen LogP contribution in [-0.2, 0) is 16.0 Å². The first-order chi connectivity index (χ1) is 18.5. The van der Waals surface area contributed by atoms with Crippen molar-refractivity contribution in [3.8, 4) is 16.9 Å². The maximum Gasteiger partial charge on any atom is 0.310 e. The summed E-state index contributed by atoms with van der Waals surface area (Å²) in [6.07, 6.45) is 0.457. The van der Waals surface area contributed by atoms with Gasteiger partial charge >= 0.3 is 5.69 Å². The lowest BCUT2D eigenvalue weighted by Crippen LogP contribution is -2.45. The second-order valence-electron chi connectivity index (χ2n) is 9.69. The summed E-state index contributed by atoms with van der Waals surface area (Å²) in [7, 11) is 1.36. The number of amides is 3. The molecule has 1 aliphatic rings. The number of carbonyl (C=O) groups is 3. The number of rotatable bonds is 9. The third-order valence-corrected chi connectivity index (χ3v) is 6.33. The van der Waals surface area contributed by atoms with Gasteiger partial charge in [0, 0.05) is 6.07 Å². The van der Waals surface area contributed by atoms with Gasteiger partial charge in [-0.05, 0) is 65.4 Å². The van der Waals surface area contributed by atoms with Crippen molar-refractivity contribution in [1.82, 2.24) is 5.32 Å². The maximum absolute atomic E-state index is 12.9. The quantitative estimate of drug-likeness (QED) is 0.238. The van der Waals surface area contributed by atoms with E-state index in [1.54, 1.807) is 48.5 Å². The van der Waals surface area contributed by atoms with Gasteiger partial charge in [-0.25, -0.2) is 0 Å². The third-order valence-electron chi connectivity index (χ3n) is 6.33. The lowest BCUT2D eigenvalue weighted by Gasteiger charge is -2.18. The molecule has 0 radical (unpaired) electrons. The smallest absolute Gasteiger partial charge is 0.310 e. The predicted molar refractivity (Wildman–Crippen MR) is 147 cm³/mol. The van der Waals surface area contributed by atoms with Crippen LogP contribution in [0.15, 0.2) is 54.6 Å². The second-order valence-corrected chi connectivity index (χ2v) is 9.69. The van der Waals surface area contributed by atoms with Gasteiger partial charge in [0.1, 0.15) is 6.04 Å². The van der Waals surface area contributed by atoms with Crippen LogP contribution in [0.2, 0.25) is 0 Å². The molecule has 4 rings (SSSR count). The SMILES string of the molecule is COc1cc(-c2ccc3c(c2)Nc2cc(CC(=O)N[C@@H](CC(C)C)C(N)=O)ccc2NC3=O)ccc1[N+](=O)[O-]. The Morgan fingerprint density at radius 3 is 2.38 bits per heavy atom. The number of nitrogens with zero attached hydrogens (tertiary/aromatic N) is 1. The van der Waals surface area contributed by atoms with E-state index in [9.17, 15) is 24.5 Å². The van der Waals surface area contributed by atoms with Crippen molar-refractivity contribution < 1.29 is 24.0 Å². The lowest BCUT2D eigenvalue weighted by molar-refractivity contribution is -0.385. The summed E-state index contributed by atoms with van der Waals surface area (Å²) in [6.45, 7) is 3.88. The summed E-state index contributed by atoms with van der Waals surface area (Å²) < 4.78 is 5.19. The van der Waals surface area contributed by atoms with E-state index in [-0.39, 0.29) is 35.6 Å². The average Bonchev–Trinajstić information content (AvgIpc) is 3.02. The molecule has 39 heavy (non-hydrogen) atoms. The number of nitro benzene ring substituents is 1. The van der Waals surface area contributed by atoms with Crippen molar-refractivity contribution in [2.24, 2.45) is 11.7 Å². The Morgan fingerprint density at radius 2 is 1.72 bits per heavy atom. The molecule has 3 aromatic carbocycles. The molecule has 0 fully saturated rings. The Morgan fingerprint density at radius 1 is 1.00 bits per heavy atom. The molecular weight excluding hydrogens is 502 g/mol. The van der Waals surface area contributed by atoms with Gasteiger partial charge in [-0.3, -0.25) is 24.5 Å². The topological polar surface area (TPSA) is 166 Å². The van der Waals surface area contributed by atoms with Gasteiger partial charge in [0.25, 0.3) is 5.91 Å². The molecular formula is C28H29N5O6. The fourth-order valence-electron chi connectivity index (χ4n) is 4.43. The largest absolute Gasteiger partial charge is 0.490 e. The summed E-state index contributed by atoms with van der Waals surface area (Å²) in [5.41, 5.74) is 9.39. The predicted octanol–water partition coefficient (Wildman–Crippen LogP) is 4.14. The Bertz CT molecular complexity index is 1470. The molecule has 0 saturated heterocycles. The highest BCUT2D eigenvalue weighted by molar-refractivity contribution is 6.12. The maximum atomic E-state index is 12.9. The zero-order valence-corrected chi connectivity index (χ0v) is 21.7. The van der Waals surface area contributed by atoms with Crippen molar-refractivity contribution in [2.75, 3.05) is 17.7 Å². The number of primary amides is 1. The number of hydrogen-bond donors (Lipinski definition) is 4. The molecule has 1 aliphatic heterocycles. The average molecular weight is 532 g/mol. The number of nitrogens with two attached hydrogens (primary N) is 1. The molecule has 0 aliphatic carbocycles. The van der Waals surface area contributed by atoms with Crippen LogP contribution in [0.25, 0.3) is 11.1 Å². The molecule has 11 nitrogen and oxygen atoms in total. The first kappa shape index (κ1) is 27.1. The molecule has 0 saturated carbocycles. The minimum atomic E-state index is -0.751. The highest BCUT2D eigenvalue weighted by atomic mass is 16.6. The first-order valence-corrected chi connectivity index (χ1v) is 12.3. The number of benzene rings is 3.